The molecule has 2 aliphatic heterocycles. The molecule has 94 valence electrons. The standard InChI is InChI=1S/C13H27N3/c1-15(2)13-7-5-9-16(11-13)10-12-6-3-4-8-14-12/h12-14H,3-11H2,1-2H3. The van der Waals surface area contributed by atoms with Gasteiger partial charge in [0.25, 0.3) is 0 Å². The quantitative estimate of drug-likeness (QED) is 0.777. The molecule has 0 aromatic heterocycles. The van der Waals surface area contributed by atoms with Gasteiger partial charge in [-0.1, -0.05) is 6.42 Å². The van der Waals surface area contributed by atoms with Gasteiger partial charge in [-0.25, -0.2) is 0 Å². The average molecular weight is 225 g/mol. The fourth-order valence-corrected chi connectivity index (χ4v) is 3.01. The van der Waals surface area contributed by atoms with Gasteiger partial charge >= 0.3 is 0 Å². The predicted octanol–water partition coefficient (Wildman–Crippen LogP) is 1.15. The molecule has 0 aliphatic carbocycles. The predicted molar refractivity (Wildman–Crippen MR) is 68.8 cm³/mol. The first kappa shape index (κ1) is 12.3. The second-order valence-corrected chi connectivity index (χ2v) is 5.67. The van der Waals surface area contributed by atoms with Crippen LogP contribution in [0.4, 0.5) is 0 Å². The minimum Gasteiger partial charge on any atom is -0.313 e. The molecular formula is C13H27N3. The van der Waals surface area contributed by atoms with Crippen LogP contribution in [0, 0.1) is 0 Å². The fraction of sp³-hybridized carbons (Fsp3) is 1.00. The number of nitrogens with zero attached hydrogens (tertiary/aromatic N) is 2. The molecule has 2 aliphatic rings. The molecule has 0 aromatic carbocycles. The molecule has 2 atom stereocenters. The van der Waals surface area contributed by atoms with E-state index in [-0.39, 0.29) is 0 Å². The number of hydrogen-bond acceptors (Lipinski definition) is 3. The molecule has 1 N–H and O–H groups in total. The van der Waals surface area contributed by atoms with Crippen LogP contribution in [0.2, 0.25) is 0 Å². The molecule has 0 bridgehead atoms. The van der Waals surface area contributed by atoms with Crippen molar-refractivity contribution < 1.29 is 0 Å². The summed E-state index contributed by atoms with van der Waals surface area (Å²) in [6, 6.07) is 1.53. The SMILES string of the molecule is CN(C)C1CCCN(CC2CCCCN2)C1. The van der Waals surface area contributed by atoms with Crippen molar-refractivity contribution in [3.8, 4) is 0 Å². The Hall–Kier alpha value is -0.120. The van der Waals surface area contributed by atoms with E-state index < -0.39 is 0 Å². The van der Waals surface area contributed by atoms with E-state index in [0.29, 0.717) is 0 Å². The van der Waals surface area contributed by atoms with E-state index in [1.807, 2.05) is 0 Å². The first-order chi connectivity index (χ1) is 7.75. The van der Waals surface area contributed by atoms with Crippen molar-refractivity contribution in [1.82, 2.24) is 15.1 Å². The smallest absolute Gasteiger partial charge is 0.0217 e. The normalized spacial score (nSPS) is 33.2. The van der Waals surface area contributed by atoms with Crippen LogP contribution < -0.4 is 5.32 Å². The molecule has 0 aromatic rings. The van der Waals surface area contributed by atoms with Crippen molar-refractivity contribution in [2.24, 2.45) is 0 Å². The van der Waals surface area contributed by atoms with Crippen LogP contribution in [0.25, 0.3) is 0 Å². The van der Waals surface area contributed by atoms with E-state index >= 15 is 0 Å². The van der Waals surface area contributed by atoms with Crippen LogP contribution >= 0.6 is 0 Å². The van der Waals surface area contributed by atoms with Crippen LogP contribution in [-0.2, 0) is 0 Å². The van der Waals surface area contributed by atoms with Gasteiger partial charge in [-0.3, -0.25) is 0 Å². The molecular weight excluding hydrogens is 198 g/mol. The number of rotatable bonds is 3. The molecule has 2 unspecified atom stereocenters. The fourth-order valence-electron chi connectivity index (χ4n) is 3.01. The van der Waals surface area contributed by atoms with Crippen LogP contribution in [-0.4, -0.2) is 62.2 Å². The Labute approximate surface area is 100 Å². The molecule has 3 nitrogen and oxygen atoms in total. The van der Waals surface area contributed by atoms with E-state index in [1.165, 1.54) is 58.3 Å². The van der Waals surface area contributed by atoms with Crippen molar-refractivity contribution in [2.45, 2.75) is 44.2 Å². The summed E-state index contributed by atoms with van der Waals surface area (Å²) in [6.45, 7) is 5.08. The van der Waals surface area contributed by atoms with E-state index in [2.05, 4.69) is 29.2 Å². The van der Waals surface area contributed by atoms with Crippen LogP contribution in [0.5, 0.6) is 0 Å². The summed E-state index contributed by atoms with van der Waals surface area (Å²) in [4.78, 5) is 5.05. The zero-order valence-corrected chi connectivity index (χ0v) is 10.9. The molecule has 2 rings (SSSR count). The van der Waals surface area contributed by atoms with Gasteiger partial charge in [0.05, 0.1) is 0 Å². The topological polar surface area (TPSA) is 18.5 Å². The van der Waals surface area contributed by atoms with E-state index in [1.54, 1.807) is 0 Å². The molecule has 0 radical (unpaired) electrons. The summed E-state index contributed by atoms with van der Waals surface area (Å²) in [5.74, 6) is 0. The lowest BCUT2D eigenvalue weighted by Gasteiger charge is -2.38. The number of hydrogen-bond donors (Lipinski definition) is 1. The third kappa shape index (κ3) is 3.44. The molecule has 0 spiro atoms. The summed E-state index contributed by atoms with van der Waals surface area (Å²) in [6.07, 6.45) is 6.92. The second kappa shape index (κ2) is 5.99. The molecule has 0 saturated carbocycles. The van der Waals surface area contributed by atoms with Crippen molar-refractivity contribution >= 4 is 0 Å². The van der Waals surface area contributed by atoms with E-state index in [0.717, 1.165) is 12.1 Å². The van der Waals surface area contributed by atoms with Gasteiger partial charge in [0, 0.05) is 25.2 Å². The molecule has 3 heteroatoms. The van der Waals surface area contributed by atoms with Crippen molar-refractivity contribution in [2.75, 3.05) is 40.3 Å². The van der Waals surface area contributed by atoms with Gasteiger partial charge in [0.15, 0.2) is 0 Å². The third-order valence-corrected chi connectivity index (χ3v) is 4.10. The number of likely N-dealkylation sites (N-methyl/N-ethyl adjacent to an activating group) is 1. The van der Waals surface area contributed by atoms with Gasteiger partial charge in [-0.15, -0.1) is 0 Å². The Bertz CT molecular complexity index is 199. The average Bonchev–Trinajstić information content (AvgIpc) is 2.30. The monoisotopic (exact) mass is 225 g/mol. The number of likely N-dealkylation sites (tertiary alicyclic amines) is 1. The first-order valence-corrected chi connectivity index (χ1v) is 6.88. The molecule has 0 amide bonds. The molecule has 16 heavy (non-hydrogen) atoms. The molecule has 2 fully saturated rings. The lowest BCUT2D eigenvalue weighted by atomic mass is 10.0. The highest BCUT2D eigenvalue weighted by Crippen LogP contribution is 2.16. The maximum Gasteiger partial charge on any atom is 0.0217 e. The second-order valence-electron chi connectivity index (χ2n) is 5.67. The number of nitrogens with one attached hydrogen (secondary N) is 1. The highest BCUT2D eigenvalue weighted by atomic mass is 15.2. The lowest BCUT2D eigenvalue weighted by molar-refractivity contribution is 0.119. The zero-order chi connectivity index (χ0) is 11.4. The Morgan fingerprint density at radius 1 is 1.19 bits per heavy atom. The highest BCUT2D eigenvalue weighted by Gasteiger charge is 2.23. The zero-order valence-electron chi connectivity index (χ0n) is 10.9. The summed E-state index contributed by atoms with van der Waals surface area (Å²) in [7, 11) is 4.43. The Balaban J connectivity index is 1.75. The minimum atomic E-state index is 0.759. The summed E-state index contributed by atoms with van der Waals surface area (Å²) < 4.78 is 0. The lowest BCUT2D eigenvalue weighted by Crippen LogP contribution is -2.50. The number of piperidine rings is 2. The first-order valence-electron chi connectivity index (χ1n) is 6.88. The maximum absolute atomic E-state index is 3.66. The van der Waals surface area contributed by atoms with Gasteiger partial charge in [-0.05, 0) is 52.9 Å². The summed E-state index contributed by atoms with van der Waals surface area (Å²) in [5, 5.41) is 3.66. The van der Waals surface area contributed by atoms with Crippen LogP contribution in [0.15, 0.2) is 0 Å². The maximum atomic E-state index is 3.66. The van der Waals surface area contributed by atoms with E-state index in [9.17, 15) is 0 Å². The molecule has 2 heterocycles. The molecule has 2 saturated heterocycles. The van der Waals surface area contributed by atoms with Crippen LogP contribution in [0.3, 0.4) is 0 Å². The highest BCUT2D eigenvalue weighted by molar-refractivity contribution is 4.82. The third-order valence-electron chi connectivity index (χ3n) is 4.10. The van der Waals surface area contributed by atoms with Crippen molar-refractivity contribution in [3.05, 3.63) is 0 Å². The van der Waals surface area contributed by atoms with Gasteiger partial charge < -0.3 is 15.1 Å². The van der Waals surface area contributed by atoms with E-state index in [4.69, 9.17) is 0 Å². The van der Waals surface area contributed by atoms with Gasteiger partial charge in [-0.2, -0.15) is 0 Å². The van der Waals surface area contributed by atoms with Gasteiger partial charge in [0.1, 0.15) is 0 Å². The van der Waals surface area contributed by atoms with Crippen molar-refractivity contribution in [3.63, 3.8) is 0 Å². The van der Waals surface area contributed by atoms with Crippen LogP contribution in [0.1, 0.15) is 32.1 Å². The summed E-state index contributed by atoms with van der Waals surface area (Å²) in [5.41, 5.74) is 0. The Morgan fingerprint density at radius 2 is 2.06 bits per heavy atom. The summed E-state index contributed by atoms with van der Waals surface area (Å²) >= 11 is 0. The minimum absolute atomic E-state index is 0.759. The van der Waals surface area contributed by atoms with Crippen molar-refractivity contribution in [1.29, 1.82) is 0 Å². The Kier molecular flexibility index (Phi) is 4.62. The largest absolute Gasteiger partial charge is 0.313 e. The Morgan fingerprint density at radius 3 is 2.75 bits per heavy atom. The van der Waals surface area contributed by atoms with Gasteiger partial charge in [0.2, 0.25) is 0 Å².